The zero-order chi connectivity index (χ0) is 20.8. The van der Waals surface area contributed by atoms with Crippen molar-refractivity contribution in [1.29, 1.82) is 0 Å². The van der Waals surface area contributed by atoms with Gasteiger partial charge in [0.1, 0.15) is 12.4 Å². The van der Waals surface area contributed by atoms with Crippen LogP contribution in [0.4, 0.5) is 11.4 Å². The Balaban J connectivity index is 1.66. The van der Waals surface area contributed by atoms with Crippen LogP contribution in [-0.4, -0.2) is 62.0 Å². The molecule has 0 atom stereocenters. The topological polar surface area (TPSA) is 73.9 Å². The summed E-state index contributed by atoms with van der Waals surface area (Å²) in [4.78, 5) is 28.7. The van der Waals surface area contributed by atoms with Crippen molar-refractivity contribution in [3.8, 4) is 5.75 Å². The summed E-state index contributed by atoms with van der Waals surface area (Å²) in [5.74, 6) is 0.619. The molecule has 0 unspecified atom stereocenters. The van der Waals surface area contributed by atoms with Crippen LogP contribution >= 0.6 is 0 Å². The maximum Gasteiger partial charge on any atom is 0.238 e. The van der Waals surface area contributed by atoms with Gasteiger partial charge in [0.2, 0.25) is 11.8 Å². The molecule has 0 spiro atoms. The number of hydrogen-bond donors (Lipinski definition) is 2. The van der Waals surface area contributed by atoms with E-state index in [-0.39, 0.29) is 24.9 Å². The molecule has 2 aromatic rings. The molecule has 1 aliphatic heterocycles. The number of fused-ring (bicyclic) bond motifs is 1. The average Bonchev–Trinajstić information content (AvgIpc) is 2.84. The minimum absolute atomic E-state index is 0.127. The third-order valence-electron chi connectivity index (χ3n) is 4.58. The summed E-state index contributed by atoms with van der Waals surface area (Å²) >= 11 is 0. The van der Waals surface area contributed by atoms with E-state index in [1.165, 1.54) is 0 Å². The van der Waals surface area contributed by atoms with Crippen LogP contribution in [0.1, 0.15) is 11.1 Å². The van der Waals surface area contributed by atoms with Crippen molar-refractivity contribution < 1.29 is 14.3 Å². The lowest BCUT2D eigenvalue weighted by atomic mass is 10.1. The minimum Gasteiger partial charge on any atom is -0.492 e. The highest BCUT2D eigenvalue weighted by molar-refractivity contribution is 6.00. The van der Waals surface area contributed by atoms with Crippen molar-refractivity contribution in [2.75, 3.05) is 51.0 Å². The van der Waals surface area contributed by atoms with Gasteiger partial charge < -0.3 is 20.3 Å². The molecule has 1 heterocycles. The number of para-hydroxylation sites is 1. The molecule has 0 radical (unpaired) electrons. The normalized spacial score (nSPS) is 13.9. The highest BCUT2D eigenvalue weighted by atomic mass is 16.5. The summed E-state index contributed by atoms with van der Waals surface area (Å²) in [7, 11) is 3.67. The van der Waals surface area contributed by atoms with Crippen LogP contribution in [0.5, 0.6) is 5.75 Å². The maximum absolute atomic E-state index is 12.7. The van der Waals surface area contributed by atoms with Gasteiger partial charge in [-0.25, -0.2) is 0 Å². The molecule has 154 valence electrons. The van der Waals surface area contributed by atoms with E-state index in [0.29, 0.717) is 31.1 Å². The fourth-order valence-electron chi connectivity index (χ4n) is 3.26. The molecule has 29 heavy (non-hydrogen) atoms. The van der Waals surface area contributed by atoms with Gasteiger partial charge in [-0.3, -0.25) is 14.5 Å². The highest BCUT2D eigenvalue weighted by Crippen LogP contribution is 2.24. The Morgan fingerprint density at radius 2 is 1.83 bits per heavy atom. The first kappa shape index (κ1) is 20.8. The van der Waals surface area contributed by atoms with Gasteiger partial charge in [-0.15, -0.1) is 0 Å². The third kappa shape index (κ3) is 6.04. The number of anilines is 2. The number of nitrogens with one attached hydrogen (secondary N) is 2. The molecular formula is C22H28N4O3. The van der Waals surface area contributed by atoms with Crippen LogP contribution in [-0.2, 0) is 16.1 Å². The van der Waals surface area contributed by atoms with Crippen molar-refractivity contribution in [2.24, 2.45) is 0 Å². The van der Waals surface area contributed by atoms with E-state index in [1.54, 1.807) is 4.90 Å². The van der Waals surface area contributed by atoms with Gasteiger partial charge in [0.25, 0.3) is 0 Å². The molecule has 0 aromatic heterocycles. The lowest BCUT2D eigenvalue weighted by molar-refractivity contribution is -0.118. The molecule has 0 aliphatic carbocycles. The summed E-state index contributed by atoms with van der Waals surface area (Å²) in [6.45, 7) is 4.34. The Morgan fingerprint density at radius 1 is 1.07 bits per heavy atom. The molecule has 3 rings (SSSR count). The van der Waals surface area contributed by atoms with Crippen molar-refractivity contribution in [3.63, 3.8) is 0 Å². The van der Waals surface area contributed by atoms with Gasteiger partial charge in [-0.05, 0) is 44.8 Å². The van der Waals surface area contributed by atoms with Gasteiger partial charge in [0, 0.05) is 18.7 Å². The Kier molecular flexibility index (Phi) is 6.85. The monoisotopic (exact) mass is 396 g/mol. The van der Waals surface area contributed by atoms with E-state index in [1.807, 2.05) is 63.5 Å². The van der Waals surface area contributed by atoms with Gasteiger partial charge in [-0.1, -0.05) is 24.3 Å². The first-order valence-corrected chi connectivity index (χ1v) is 9.69. The molecule has 2 N–H and O–H groups in total. The SMILES string of the molecule is Cc1ccc(NC(=O)CN(C)C)c(NC(=O)CN2CCOc3ccccc3C2)c1. The Morgan fingerprint density at radius 3 is 2.62 bits per heavy atom. The molecule has 7 heteroatoms. The molecular weight excluding hydrogens is 368 g/mol. The molecule has 0 saturated carbocycles. The average molecular weight is 396 g/mol. The van der Waals surface area contributed by atoms with Gasteiger partial charge in [0.15, 0.2) is 0 Å². The highest BCUT2D eigenvalue weighted by Gasteiger charge is 2.18. The number of hydrogen-bond acceptors (Lipinski definition) is 5. The second kappa shape index (κ2) is 9.54. The molecule has 7 nitrogen and oxygen atoms in total. The van der Waals surface area contributed by atoms with E-state index in [4.69, 9.17) is 4.74 Å². The molecule has 2 amide bonds. The predicted octanol–water partition coefficient (Wildman–Crippen LogP) is 2.33. The zero-order valence-electron chi connectivity index (χ0n) is 17.2. The van der Waals surface area contributed by atoms with Crippen molar-refractivity contribution in [1.82, 2.24) is 9.80 Å². The number of amides is 2. The van der Waals surface area contributed by atoms with Gasteiger partial charge in [-0.2, -0.15) is 0 Å². The van der Waals surface area contributed by atoms with Gasteiger partial charge >= 0.3 is 0 Å². The summed E-state index contributed by atoms with van der Waals surface area (Å²) < 4.78 is 5.76. The number of rotatable bonds is 6. The van der Waals surface area contributed by atoms with E-state index >= 15 is 0 Å². The van der Waals surface area contributed by atoms with E-state index in [2.05, 4.69) is 15.5 Å². The van der Waals surface area contributed by atoms with Crippen molar-refractivity contribution in [2.45, 2.75) is 13.5 Å². The predicted molar refractivity (Wildman–Crippen MR) is 114 cm³/mol. The van der Waals surface area contributed by atoms with Crippen LogP contribution in [0, 0.1) is 6.92 Å². The zero-order valence-corrected chi connectivity index (χ0v) is 17.2. The Hall–Kier alpha value is -2.90. The van der Waals surface area contributed by atoms with Crippen LogP contribution in [0.25, 0.3) is 0 Å². The fourth-order valence-corrected chi connectivity index (χ4v) is 3.26. The summed E-state index contributed by atoms with van der Waals surface area (Å²) in [5.41, 5.74) is 3.28. The van der Waals surface area contributed by atoms with Crippen molar-refractivity contribution in [3.05, 3.63) is 53.6 Å². The number of ether oxygens (including phenoxy) is 1. The third-order valence-corrected chi connectivity index (χ3v) is 4.58. The lowest BCUT2D eigenvalue weighted by Gasteiger charge is -2.20. The van der Waals surface area contributed by atoms with Gasteiger partial charge in [0.05, 0.1) is 24.5 Å². The largest absolute Gasteiger partial charge is 0.492 e. The Bertz CT molecular complexity index is 882. The second-order valence-corrected chi connectivity index (χ2v) is 7.55. The van der Waals surface area contributed by atoms with Crippen LogP contribution < -0.4 is 15.4 Å². The number of carbonyl (C=O) groups is 2. The first-order valence-electron chi connectivity index (χ1n) is 9.69. The minimum atomic E-state index is -0.129. The summed E-state index contributed by atoms with van der Waals surface area (Å²) in [5, 5.41) is 5.82. The van der Waals surface area contributed by atoms with Crippen LogP contribution in [0.15, 0.2) is 42.5 Å². The lowest BCUT2D eigenvalue weighted by Crippen LogP contribution is -2.34. The quantitative estimate of drug-likeness (QED) is 0.784. The second-order valence-electron chi connectivity index (χ2n) is 7.55. The van der Waals surface area contributed by atoms with Crippen molar-refractivity contribution >= 4 is 23.2 Å². The molecule has 2 aromatic carbocycles. The van der Waals surface area contributed by atoms with E-state index in [0.717, 1.165) is 16.9 Å². The summed E-state index contributed by atoms with van der Waals surface area (Å²) in [6.07, 6.45) is 0. The number of aryl methyl sites for hydroxylation is 1. The number of nitrogens with zero attached hydrogens (tertiary/aromatic N) is 2. The first-order chi connectivity index (χ1) is 13.9. The molecule has 0 fully saturated rings. The molecule has 1 aliphatic rings. The molecule has 0 bridgehead atoms. The van der Waals surface area contributed by atoms with Crippen LogP contribution in [0.2, 0.25) is 0 Å². The number of carbonyl (C=O) groups excluding carboxylic acids is 2. The number of benzene rings is 2. The smallest absolute Gasteiger partial charge is 0.238 e. The van der Waals surface area contributed by atoms with E-state index in [9.17, 15) is 9.59 Å². The summed E-state index contributed by atoms with van der Waals surface area (Å²) in [6, 6.07) is 13.5. The Labute approximate surface area is 171 Å². The molecule has 0 saturated heterocycles. The maximum atomic E-state index is 12.7. The van der Waals surface area contributed by atoms with Crippen LogP contribution in [0.3, 0.4) is 0 Å². The standard InChI is InChI=1S/C22H28N4O3/c1-16-8-9-18(23-21(27)14-25(2)3)19(12-16)24-22(28)15-26-10-11-29-20-7-5-4-6-17(20)13-26/h4-9,12H,10-11,13-15H2,1-3H3,(H,23,27)(H,24,28). The number of likely N-dealkylation sites (N-methyl/N-ethyl adjacent to an activating group) is 1. The van der Waals surface area contributed by atoms with E-state index < -0.39 is 0 Å². The fraction of sp³-hybridized carbons (Fsp3) is 0.364.